The van der Waals surface area contributed by atoms with Gasteiger partial charge in [0.2, 0.25) is 0 Å². The summed E-state index contributed by atoms with van der Waals surface area (Å²) in [5.41, 5.74) is 0. The van der Waals surface area contributed by atoms with Gasteiger partial charge in [-0.2, -0.15) is 0 Å². The van der Waals surface area contributed by atoms with Gasteiger partial charge in [0.05, 0.1) is 0 Å². The number of rotatable bonds is 4. The molecule has 3 heteroatoms. The molecule has 0 heterocycles. The first-order valence-electron chi connectivity index (χ1n) is 3.18. The Morgan fingerprint density at radius 3 is 2.10 bits per heavy atom. The third-order valence-corrected chi connectivity index (χ3v) is 5.09. The molecule has 10 heavy (non-hydrogen) atoms. The van der Waals surface area contributed by atoms with Gasteiger partial charge in [-0.1, -0.05) is 54.7 Å². The molecule has 0 saturated carbocycles. The van der Waals surface area contributed by atoms with E-state index < -0.39 is 0 Å². The van der Waals surface area contributed by atoms with Crippen LogP contribution in [0.5, 0.6) is 0 Å². The fourth-order valence-electron chi connectivity index (χ4n) is 0.697. The van der Waals surface area contributed by atoms with E-state index in [0.717, 1.165) is 10.7 Å². The molecule has 0 aromatic rings. The van der Waals surface area contributed by atoms with Crippen LogP contribution in [0.4, 0.5) is 0 Å². The van der Waals surface area contributed by atoms with Gasteiger partial charge in [0.15, 0.2) is 0 Å². The van der Waals surface area contributed by atoms with Gasteiger partial charge in [0.1, 0.15) is 0 Å². The lowest BCUT2D eigenvalue weighted by atomic mass is 9.95. The molecule has 2 unspecified atom stereocenters. The fraction of sp³-hybridized carbons (Fsp3) is 0.857. The lowest BCUT2D eigenvalue weighted by Gasteiger charge is -2.28. The van der Waals surface area contributed by atoms with Crippen LogP contribution in [0.2, 0.25) is 0 Å². The molecule has 0 bridgehead atoms. The van der Waals surface area contributed by atoms with E-state index in [1.807, 2.05) is 0 Å². The Balaban J connectivity index is 3.97. The maximum atomic E-state index is 3.66. The summed E-state index contributed by atoms with van der Waals surface area (Å²) in [5, 5.41) is 1.98. The molecular formula is C7H12Br3. The molecule has 0 amide bonds. The average Bonchev–Trinajstić information content (AvgIpc) is 1.90. The number of hydrogen-bond acceptors (Lipinski definition) is 0. The number of halogens is 3. The number of hydrogen-bond donors (Lipinski definition) is 0. The van der Waals surface area contributed by atoms with Gasteiger partial charge in [-0.25, -0.2) is 0 Å². The Kier molecular flexibility index (Phi) is 5.89. The van der Waals surface area contributed by atoms with Crippen molar-refractivity contribution in [2.75, 3.05) is 10.7 Å². The average molecular weight is 336 g/mol. The van der Waals surface area contributed by atoms with Crippen molar-refractivity contribution in [3.8, 4) is 0 Å². The second kappa shape index (κ2) is 5.15. The molecule has 0 aromatic heterocycles. The van der Waals surface area contributed by atoms with Crippen molar-refractivity contribution in [3.05, 3.63) is 6.42 Å². The van der Waals surface area contributed by atoms with Crippen LogP contribution < -0.4 is 0 Å². The highest BCUT2D eigenvalue weighted by molar-refractivity contribution is 9.12. The van der Waals surface area contributed by atoms with E-state index in [1.54, 1.807) is 0 Å². The van der Waals surface area contributed by atoms with Gasteiger partial charge in [-0.15, -0.1) is 0 Å². The highest BCUT2D eigenvalue weighted by atomic mass is 79.9. The van der Waals surface area contributed by atoms with Crippen molar-refractivity contribution >= 4 is 47.8 Å². The van der Waals surface area contributed by atoms with E-state index >= 15 is 0 Å². The maximum absolute atomic E-state index is 3.66. The van der Waals surface area contributed by atoms with E-state index in [1.165, 1.54) is 0 Å². The second-order valence-electron chi connectivity index (χ2n) is 2.51. The summed E-state index contributed by atoms with van der Waals surface area (Å²) in [7, 11) is 0. The molecule has 0 aliphatic rings. The summed E-state index contributed by atoms with van der Waals surface area (Å²) >= 11 is 10.6. The Bertz CT molecular complexity index is 86.9. The third-order valence-electron chi connectivity index (χ3n) is 1.60. The minimum Gasteiger partial charge on any atom is -0.0924 e. The molecule has 0 aliphatic carbocycles. The van der Waals surface area contributed by atoms with Crippen molar-refractivity contribution in [1.29, 1.82) is 0 Å². The first-order valence-corrected chi connectivity index (χ1v) is 6.22. The van der Waals surface area contributed by atoms with E-state index in [4.69, 9.17) is 0 Å². The quantitative estimate of drug-likeness (QED) is 0.686. The molecule has 0 N–H and O–H groups in total. The van der Waals surface area contributed by atoms with Crippen molar-refractivity contribution in [2.45, 2.75) is 18.2 Å². The molecule has 1 radical (unpaired) electrons. The van der Waals surface area contributed by atoms with Gasteiger partial charge >= 0.3 is 0 Å². The molecule has 0 aliphatic heterocycles. The minimum atomic E-state index is 0.186. The number of alkyl halides is 3. The molecular weight excluding hydrogens is 324 g/mol. The standard InChI is InChI=1S/C7H12Br3/c1-3-6(4-8)7(2,10)5-9/h3,6H,4-5H2,1-2H3. The first kappa shape index (κ1) is 11.4. The Labute approximate surface area is 88.5 Å². The van der Waals surface area contributed by atoms with Crippen molar-refractivity contribution in [2.24, 2.45) is 5.92 Å². The molecule has 0 nitrogen and oxygen atoms in total. The second-order valence-corrected chi connectivity index (χ2v) is 5.53. The van der Waals surface area contributed by atoms with Gasteiger partial charge in [0.25, 0.3) is 0 Å². The molecule has 61 valence electrons. The Morgan fingerprint density at radius 1 is 1.50 bits per heavy atom. The molecule has 2 atom stereocenters. The van der Waals surface area contributed by atoms with Gasteiger partial charge < -0.3 is 0 Å². The smallest absolute Gasteiger partial charge is 0.0365 e. The van der Waals surface area contributed by atoms with Gasteiger partial charge in [0, 0.05) is 15.0 Å². The van der Waals surface area contributed by atoms with E-state index in [0.29, 0.717) is 5.92 Å². The van der Waals surface area contributed by atoms with Crippen molar-refractivity contribution in [3.63, 3.8) is 0 Å². The maximum Gasteiger partial charge on any atom is 0.0365 e. The van der Waals surface area contributed by atoms with Crippen LogP contribution in [0.3, 0.4) is 0 Å². The molecule has 0 rings (SSSR count). The Morgan fingerprint density at radius 2 is 2.00 bits per heavy atom. The van der Waals surface area contributed by atoms with E-state index in [-0.39, 0.29) is 4.32 Å². The molecule has 0 aromatic carbocycles. The van der Waals surface area contributed by atoms with Crippen LogP contribution in [0.25, 0.3) is 0 Å². The summed E-state index contributed by atoms with van der Waals surface area (Å²) in [5.74, 6) is 0.576. The summed E-state index contributed by atoms with van der Waals surface area (Å²) < 4.78 is 0.186. The highest BCUT2D eigenvalue weighted by Crippen LogP contribution is 2.32. The monoisotopic (exact) mass is 333 g/mol. The normalized spacial score (nSPS) is 20.1. The third kappa shape index (κ3) is 3.22. The Hall–Kier alpha value is 1.44. The van der Waals surface area contributed by atoms with E-state index in [9.17, 15) is 0 Å². The topological polar surface area (TPSA) is 0 Å². The fourth-order valence-corrected chi connectivity index (χ4v) is 3.06. The zero-order valence-electron chi connectivity index (χ0n) is 6.20. The molecule has 0 fully saturated rings. The zero-order chi connectivity index (χ0) is 8.20. The van der Waals surface area contributed by atoms with Crippen molar-refractivity contribution in [1.82, 2.24) is 0 Å². The van der Waals surface area contributed by atoms with Gasteiger partial charge in [-0.05, 0) is 19.3 Å². The van der Waals surface area contributed by atoms with Crippen LogP contribution in [0.1, 0.15) is 13.8 Å². The lowest BCUT2D eigenvalue weighted by Crippen LogP contribution is -2.30. The first-order chi connectivity index (χ1) is 4.58. The van der Waals surface area contributed by atoms with Crippen molar-refractivity contribution < 1.29 is 0 Å². The van der Waals surface area contributed by atoms with Gasteiger partial charge in [-0.3, -0.25) is 0 Å². The molecule has 0 saturated heterocycles. The summed E-state index contributed by atoms with van der Waals surface area (Å²) in [6.07, 6.45) is 2.21. The SMILES string of the molecule is C[CH]C(CBr)C(C)(Br)CBr. The van der Waals surface area contributed by atoms with Crippen LogP contribution >= 0.6 is 47.8 Å². The largest absolute Gasteiger partial charge is 0.0924 e. The predicted molar refractivity (Wildman–Crippen MR) is 58.4 cm³/mol. The van der Waals surface area contributed by atoms with E-state index in [2.05, 4.69) is 68.1 Å². The summed E-state index contributed by atoms with van der Waals surface area (Å²) in [6, 6.07) is 0. The highest BCUT2D eigenvalue weighted by Gasteiger charge is 2.27. The predicted octanol–water partition coefficient (Wildman–Crippen LogP) is 3.77. The van der Waals surface area contributed by atoms with Crippen LogP contribution in [0.15, 0.2) is 0 Å². The van der Waals surface area contributed by atoms with Crippen LogP contribution in [-0.4, -0.2) is 15.0 Å². The van der Waals surface area contributed by atoms with Crippen LogP contribution in [0, 0.1) is 12.3 Å². The zero-order valence-corrected chi connectivity index (χ0v) is 11.0. The summed E-state index contributed by atoms with van der Waals surface area (Å²) in [6.45, 7) is 4.28. The minimum absolute atomic E-state index is 0.186. The molecule has 0 spiro atoms. The summed E-state index contributed by atoms with van der Waals surface area (Å²) in [4.78, 5) is 0. The lowest BCUT2D eigenvalue weighted by molar-refractivity contribution is 0.555. The van der Waals surface area contributed by atoms with Crippen LogP contribution in [-0.2, 0) is 0 Å².